The van der Waals surface area contributed by atoms with Crippen LogP contribution in [0, 0.1) is 5.92 Å². The number of hydrogen-bond donors (Lipinski definition) is 2. The summed E-state index contributed by atoms with van der Waals surface area (Å²) in [4.78, 5) is 23.0. The van der Waals surface area contributed by atoms with Gasteiger partial charge >= 0.3 is 5.97 Å². The van der Waals surface area contributed by atoms with Gasteiger partial charge in [-0.05, 0) is 51.1 Å². The van der Waals surface area contributed by atoms with E-state index in [-0.39, 0.29) is 19.0 Å². The number of carboxylic acid groups (broad SMARTS) is 1. The van der Waals surface area contributed by atoms with Crippen molar-refractivity contribution in [3.05, 3.63) is 0 Å². The van der Waals surface area contributed by atoms with Gasteiger partial charge in [-0.25, -0.2) is 0 Å². The summed E-state index contributed by atoms with van der Waals surface area (Å²) in [6, 6.07) is 0. The van der Waals surface area contributed by atoms with Crippen LogP contribution in [0.25, 0.3) is 0 Å². The molecule has 0 unspecified atom stereocenters. The SMILES string of the molecule is CCCCCCCCCCCOC(=O)CCCCCN(CCCO)CCCCCCCC(CCCCCCCC)CCCCCCCC.O=CO. The van der Waals surface area contributed by atoms with E-state index in [1.54, 1.807) is 0 Å². The molecule has 0 radical (unpaired) electrons. The lowest BCUT2D eigenvalue weighted by atomic mass is 9.89. The number of esters is 1. The molecule has 0 saturated heterocycles. The van der Waals surface area contributed by atoms with Crippen LogP contribution in [0.5, 0.6) is 0 Å². The van der Waals surface area contributed by atoms with Crippen molar-refractivity contribution in [3.8, 4) is 0 Å². The van der Waals surface area contributed by atoms with Crippen LogP contribution in [-0.4, -0.2) is 60.4 Å². The number of ether oxygens (including phenoxy) is 1. The van der Waals surface area contributed by atoms with Crippen LogP contribution in [0.2, 0.25) is 0 Å². The van der Waals surface area contributed by atoms with Crippen LogP contribution in [0.4, 0.5) is 0 Å². The maximum atomic E-state index is 12.1. The standard InChI is InChI=1S/C44H89NO3.CH2O2/c1-4-7-10-13-16-17-18-24-32-42-48-44(47)37-29-25-31-39-45(40-33-41-46)38-30-23-19-22-28-36-43(34-26-20-14-11-8-5-2)35-27-21-15-12-9-6-3;2-1-3/h43,46H,4-42H2,1-3H3;1H,(H,2,3). The van der Waals surface area contributed by atoms with Crippen molar-refractivity contribution in [2.75, 3.05) is 32.8 Å². The van der Waals surface area contributed by atoms with E-state index >= 15 is 0 Å². The average Bonchev–Trinajstić information content (AvgIpc) is 3.13. The highest BCUT2D eigenvalue weighted by Crippen LogP contribution is 2.25. The molecule has 2 N–H and O–H groups in total. The van der Waals surface area contributed by atoms with E-state index in [2.05, 4.69) is 25.7 Å². The number of carbonyl (C=O) groups is 2. The van der Waals surface area contributed by atoms with Crippen LogP contribution in [0.15, 0.2) is 0 Å². The smallest absolute Gasteiger partial charge is 0.305 e. The van der Waals surface area contributed by atoms with Crippen molar-refractivity contribution in [1.29, 1.82) is 0 Å². The fraction of sp³-hybridized carbons (Fsp3) is 0.956. The molecule has 0 aromatic rings. The average molecular weight is 726 g/mol. The van der Waals surface area contributed by atoms with Gasteiger partial charge in [-0.3, -0.25) is 9.59 Å². The molecule has 0 aliphatic rings. The highest BCUT2D eigenvalue weighted by molar-refractivity contribution is 5.69. The molecule has 51 heavy (non-hydrogen) atoms. The lowest BCUT2D eigenvalue weighted by Gasteiger charge is -2.22. The van der Waals surface area contributed by atoms with Crippen molar-refractivity contribution in [2.45, 2.75) is 239 Å². The van der Waals surface area contributed by atoms with Gasteiger partial charge in [-0.2, -0.15) is 0 Å². The zero-order chi connectivity index (χ0) is 37.7. The highest BCUT2D eigenvalue weighted by Gasteiger charge is 2.10. The summed E-state index contributed by atoms with van der Waals surface area (Å²) >= 11 is 0. The van der Waals surface area contributed by atoms with E-state index in [1.165, 1.54) is 180 Å². The second kappa shape index (κ2) is 46.9. The number of nitrogens with zero attached hydrogens (tertiary/aromatic N) is 1. The maximum absolute atomic E-state index is 12.1. The quantitative estimate of drug-likeness (QED) is 0.0371. The number of aliphatic hydroxyl groups excluding tert-OH is 1. The number of hydrogen-bond acceptors (Lipinski definition) is 5. The summed E-state index contributed by atoms with van der Waals surface area (Å²) in [5.41, 5.74) is 0. The van der Waals surface area contributed by atoms with Crippen molar-refractivity contribution < 1.29 is 24.5 Å². The third-order valence-corrected chi connectivity index (χ3v) is 10.5. The Bertz CT molecular complexity index is 645. The van der Waals surface area contributed by atoms with Crippen molar-refractivity contribution in [1.82, 2.24) is 4.90 Å². The number of carbonyl (C=O) groups excluding carboxylic acids is 1. The molecule has 0 atom stereocenters. The monoisotopic (exact) mass is 726 g/mol. The molecule has 0 heterocycles. The zero-order valence-corrected chi connectivity index (χ0v) is 34.8. The molecule has 0 aromatic heterocycles. The summed E-state index contributed by atoms with van der Waals surface area (Å²) in [6.07, 6.45) is 44.5. The summed E-state index contributed by atoms with van der Waals surface area (Å²) < 4.78 is 5.48. The molecule has 6 heteroatoms. The van der Waals surface area contributed by atoms with Crippen LogP contribution < -0.4 is 0 Å². The molecule has 0 aromatic carbocycles. The van der Waals surface area contributed by atoms with Crippen molar-refractivity contribution in [3.63, 3.8) is 0 Å². The van der Waals surface area contributed by atoms with E-state index < -0.39 is 0 Å². The lowest BCUT2D eigenvalue weighted by molar-refractivity contribution is -0.143. The summed E-state index contributed by atoms with van der Waals surface area (Å²) in [6.45, 7) is 10.8. The second-order valence-corrected chi connectivity index (χ2v) is 15.4. The first-order chi connectivity index (χ1) is 25.1. The van der Waals surface area contributed by atoms with Gasteiger partial charge in [-0.1, -0.05) is 201 Å². The van der Waals surface area contributed by atoms with Gasteiger partial charge in [-0.15, -0.1) is 0 Å². The first-order valence-corrected chi connectivity index (χ1v) is 22.7. The molecule has 0 bridgehead atoms. The zero-order valence-electron chi connectivity index (χ0n) is 34.8. The fourth-order valence-electron chi connectivity index (χ4n) is 7.24. The Labute approximate surface area is 319 Å². The Morgan fingerprint density at radius 1 is 0.510 bits per heavy atom. The van der Waals surface area contributed by atoms with E-state index in [0.29, 0.717) is 13.0 Å². The molecule has 306 valence electrons. The number of aliphatic hydroxyl groups is 1. The maximum Gasteiger partial charge on any atom is 0.305 e. The largest absolute Gasteiger partial charge is 0.483 e. The Kier molecular flexibility index (Phi) is 47.8. The molecule has 6 nitrogen and oxygen atoms in total. The summed E-state index contributed by atoms with van der Waals surface area (Å²) in [7, 11) is 0. The number of rotatable bonds is 41. The molecule has 0 rings (SSSR count). The molecular weight excluding hydrogens is 634 g/mol. The second-order valence-electron chi connectivity index (χ2n) is 15.4. The summed E-state index contributed by atoms with van der Waals surface area (Å²) in [5, 5.41) is 16.3. The van der Waals surface area contributed by atoms with Gasteiger partial charge in [0.25, 0.3) is 6.47 Å². The topological polar surface area (TPSA) is 87.1 Å². The van der Waals surface area contributed by atoms with Gasteiger partial charge in [0.2, 0.25) is 0 Å². The Morgan fingerprint density at radius 3 is 1.25 bits per heavy atom. The van der Waals surface area contributed by atoms with Crippen LogP contribution in [0.1, 0.15) is 239 Å². The minimum Gasteiger partial charge on any atom is -0.483 e. The Morgan fingerprint density at radius 2 is 0.843 bits per heavy atom. The lowest BCUT2D eigenvalue weighted by Crippen LogP contribution is -2.28. The van der Waals surface area contributed by atoms with E-state index in [1.807, 2.05) is 0 Å². The number of unbranched alkanes of at least 4 members (excludes halogenated alkanes) is 24. The molecule has 0 fully saturated rings. The van der Waals surface area contributed by atoms with E-state index in [4.69, 9.17) is 14.6 Å². The normalized spacial score (nSPS) is 11.3. The Balaban J connectivity index is 0. The molecular formula is C45H91NO5. The molecule has 0 amide bonds. The first kappa shape index (κ1) is 52.0. The van der Waals surface area contributed by atoms with Gasteiger partial charge in [0.1, 0.15) is 0 Å². The van der Waals surface area contributed by atoms with Gasteiger partial charge in [0, 0.05) is 19.6 Å². The minimum atomic E-state index is -0.250. The van der Waals surface area contributed by atoms with Crippen LogP contribution >= 0.6 is 0 Å². The highest BCUT2D eigenvalue weighted by atomic mass is 16.5. The van der Waals surface area contributed by atoms with Crippen molar-refractivity contribution >= 4 is 12.4 Å². The van der Waals surface area contributed by atoms with Gasteiger partial charge in [0.15, 0.2) is 0 Å². The van der Waals surface area contributed by atoms with Gasteiger partial charge in [0.05, 0.1) is 6.61 Å². The summed E-state index contributed by atoms with van der Waals surface area (Å²) in [5.74, 6) is 0.959. The fourth-order valence-corrected chi connectivity index (χ4v) is 7.24. The van der Waals surface area contributed by atoms with Gasteiger partial charge < -0.3 is 19.8 Å². The molecule has 0 saturated carbocycles. The third-order valence-electron chi connectivity index (χ3n) is 10.5. The predicted molar refractivity (Wildman–Crippen MR) is 221 cm³/mol. The predicted octanol–water partition coefficient (Wildman–Crippen LogP) is 13.5. The Hall–Kier alpha value is -1.14. The third kappa shape index (κ3) is 44.9. The van der Waals surface area contributed by atoms with E-state index in [9.17, 15) is 9.90 Å². The molecule has 0 spiro atoms. The van der Waals surface area contributed by atoms with Crippen LogP contribution in [0.3, 0.4) is 0 Å². The minimum absolute atomic E-state index is 0.0113. The molecule has 0 aliphatic heterocycles. The van der Waals surface area contributed by atoms with Crippen LogP contribution in [-0.2, 0) is 14.3 Å². The van der Waals surface area contributed by atoms with E-state index in [0.717, 1.165) is 57.7 Å². The first-order valence-electron chi connectivity index (χ1n) is 22.7. The molecule has 0 aliphatic carbocycles. The van der Waals surface area contributed by atoms with Crippen molar-refractivity contribution in [2.24, 2.45) is 5.92 Å².